The molecule has 136 valence electrons. The van der Waals surface area contributed by atoms with Gasteiger partial charge in [0.2, 0.25) is 5.91 Å². The molecule has 2 amide bonds. The lowest BCUT2D eigenvalue weighted by atomic mass is 10.2. The molecule has 0 bridgehead atoms. The van der Waals surface area contributed by atoms with E-state index in [1.807, 2.05) is 6.92 Å². The molecule has 0 radical (unpaired) electrons. The van der Waals surface area contributed by atoms with Crippen molar-refractivity contribution in [2.45, 2.75) is 26.3 Å². The Bertz CT molecular complexity index is 679. The van der Waals surface area contributed by atoms with Gasteiger partial charge in [-0.3, -0.25) is 19.7 Å². The van der Waals surface area contributed by atoms with Crippen LogP contribution in [0.5, 0.6) is 0 Å². The number of carbonyl (C=O) groups is 3. The fourth-order valence-electron chi connectivity index (χ4n) is 1.79. The Balaban J connectivity index is 2.61. The van der Waals surface area contributed by atoms with Gasteiger partial charge in [0, 0.05) is 17.6 Å². The lowest BCUT2D eigenvalue weighted by Gasteiger charge is -2.13. The van der Waals surface area contributed by atoms with E-state index >= 15 is 0 Å². The predicted octanol–water partition coefficient (Wildman–Crippen LogP) is 1.44. The minimum absolute atomic E-state index is 0.0907. The average Bonchev–Trinajstić information content (AvgIpc) is 2.57. The number of hydrogen-bond donors (Lipinski definition) is 2. The molecule has 0 aliphatic rings. The molecule has 0 aliphatic carbocycles. The zero-order chi connectivity index (χ0) is 19.0. The second-order valence-corrected chi connectivity index (χ2v) is 5.51. The second kappa shape index (κ2) is 9.58. The van der Waals surface area contributed by atoms with Crippen LogP contribution in [0.4, 0.5) is 5.69 Å². The van der Waals surface area contributed by atoms with Crippen molar-refractivity contribution in [1.82, 2.24) is 10.6 Å². The van der Waals surface area contributed by atoms with Crippen molar-refractivity contribution in [3.8, 4) is 0 Å². The summed E-state index contributed by atoms with van der Waals surface area (Å²) in [4.78, 5) is 45.4. The van der Waals surface area contributed by atoms with E-state index in [4.69, 9.17) is 16.3 Å². The van der Waals surface area contributed by atoms with E-state index < -0.39 is 35.1 Å². The number of carbonyl (C=O) groups excluding carboxylic acids is 3. The van der Waals surface area contributed by atoms with Crippen LogP contribution in [0.15, 0.2) is 18.2 Å². The first-order chi connectivity index (χ1) is 11.8. The van der Waals surface area contributed by atoms with Crippen LogP contribution < -0.4 is 10.6 Å². The quantitative estimate of drug-likeness (QED) is 0.404. The Labute approximate surface area is 148 Å². The number of nitro benzene ring substituents is 1. The molecule has 0 saturated carbocycles. The van der Waals surface area contributed by atoms with Crippen LogP contribution in [-0.4, -0.2) is 41.9 Å². The number of ether oxygens (including phenoxy) is 1. The van der Waals surface area contributed by atoms with Crippen molar-refractivity contribution < 1.29 is 24.0 Å². The summed E-state index contributed by atoms with van der Waals surface area (Å²) in [6.07, 6.45) is 0.754. The number of rotatable bonds is 8. The molecule has 9 nitrogen and oxygen atoms in total. The minimum atomic E-state index is -1.04. The molecule has 0 saturated heterocycles. The Morgan fingerprint density at radius 2 is 2.04 bits per heavy atom. The fraction of sp³-hybridized carbons (Fsp3) is 0.400. The van der Waals surface area contributed by atoms with Crippen molar-refractivity contribution in [1.29, 1.82) is 0 Å². The maximum atomic E-state index is 11.9. The van der Waals surface area contributed by atoms with Gasteiger partial charge in [0.15, 0.2) is 6.61 Å². The topological polar surface area (TPSA) is 128 Å². The van der Waals surface area contributed by atoms with Gasteiger partial charge in [-0.15, -0.1) is 0 Å². The number of esters is 1. The highest BCUT2D eigenvalue weighted by atomic mass is 35.5. The van der Waals surface area contributed by atoms with Gasteiger partial charge in [0.05, 0.1) is 4.92 Å². The highest BCUT2D eigenvalue weighted by molar-refractivity contribution is 6.31. The third-order valence-electron chi connectivity index (χ3n) is 3.03. The van der Waals surface area contributed by atoms with Crippen LogP contribution in [0.3, 0.4) is 0 Å². The zero-order valence-electron chi connectivity index (χ0n) is 13.7. The Morgan fingerprint density at radius 3 is 2.64 bits per heavy atom. The van der Waals surface area contributed by atoms with Crippen molar-refractivity contribution in [2.24, 2.45) is 0 Å². The van der Waals surface area contributed by atoms with E-state index in [1.54, 1.807) is 0 Å². The van der Waals surface area contributed by atoms with Crippen LogP contribution in [-0.2, 0) is 14.3 Å². The molecule has 0 aliphatic heterocycles. The summed E-state index contributed by atoms with van der Waals surface area (Å²) in [6.45, 7) is 3.17. The Morgan fingerprint density at radius 1 is 1.36 bits per heavy atom. The SMILES string of the molecule is CCCNC(=O)[C@@H](C)NC(=O)COC(=O)c1ccc(Cl)cc1[N+](=O)[O-]. The van der Waals surface area contributed by atoms with E-state index in [9.17, 15) is 24.5 Å². The van der Waals surface area contributed by atoms with Crippen molar-refractivity contribution in [3.05, 3.63) is 38.9 Å². The smallest absolute Gasteiger partial charge is 0.345 e. The third kappa shape index (κ3) is 6.38. The molecule has 1 aromatic carbocycles. The van der Waals surface area contributed by atoms with Crippen LogP contribution in [0.25, 0.3) is 0 Å². The molecule has 1 rings (SSSR count). The van der Waals surface area contributed by atoms with E-state index in [0.29, 0.717) is 6.54 Å². The first-order valence-corrected chi connectivity index (χ1v) is 7.82. The lowest BCUT2D eigenvalue weighted by Crippen LogP contribution is -2.46. The molecule has 25 heavy (non-hydrogen) atoms. The van der Waals surface area contributed by atoms with Gasteiger partial charge >= 0.3 is 5.97 Å². The summed E-state index contributed by atoms with van der Waals surface area (Å²) in [7, 11) is 0. The zero-order valence-corrected chi connectivity index (χ0v) is 14.5. The number of nitrogens with zero attached hydrogens (tertiary/aromatic N) is 1. The van der Waals surface area contributed by atoms with Crippen LogP contribution in [0.2, 0.25) is 5.02 Å². The number of hydrogen-bond acceptors (Lipinski definition) is 6. The van der Waals surface area contributed by atoms with E-state index in [-0.39, 0.29) is 16.5 Å². The molecule has 1 aromatic rings. The maximum Gasteiger partial charge on any atom is 0.345 e. The highest BCUT2D eigenvalue weighted by Crippen LogP contribution is 2.23. The van der Waals surface area contributed by atoms with Crippen molar-refractivity contribution in [2.75, 3.05) is 13.2 Å². The summed E-state index contributed by atoms with van der Waals surface area (Å²) in [5.74, 6) is -2.11. The van der Waals surface area contributed by atoms with Gasteiger partial charge in [0.25, 0.3) is 11.6 Å². The molecule has 1 atom stereocenters. The fourth-order valence-corrected chi connectivity index (χ4v) is 1.95. The highest BCUT2D eigenvalue weighted by Gasteiger charge is 2.23. The van der Waals surface area contributed by atoms with Gasteiger partial charge in [-0.05, 0) is 25.5 Å². The van der Waals surface area contributed by atoms with Gasteiger partial charge in [-0.1, -0.05) is 18.5 Å². The number of halogens is 1. The molecular weight excluding hydrogens is 354 g/mol. The molecular formula is C15H18ClN3O6. The van der Waals surface area contributed by atoms with Gasteiger partial charge < -0.3 is 15.4 Å². The van der Waals surface area contributed by atoms with E-state index in [1.165, 1.54) is 13.0 Å². The lowest BCUT2D eigenvalue weighted by molar-refractivity contribution is -0.385. The molecule has 10 heteroatoms. The predicted molar refractivity (Wildman–Crippen MR) is 89.3 cm³/mol. The Kier molecular flexibility index (Phi) is 7.80. The molecule has 0 spiro atoms. The number of nitrogens with one attached hydrogen (secondary N) is 2. The summed E-state index contributed by atoms with van der Waals surface area (Å²) in [6, 6.07) is 2.65. The average molecular weight is 372 g/mol. The van der Waals surface area contributed by atoms with Crippen LogP contribution in [0.1, 0.15) is 30.6 Å². The number of nitro groups is 1. The van der Waals surface area contributed by atoms with E-state index in [0.717, 1.165) is 18.6 Å². The summed E-state index contributed by atoms with van der Waals surface area (Å²) in [5.41, 5.74) is -0.846. The minimum Gasteiger partial charge on any atom is -0.452 e. The normalized spacial score (nSPS) is 11.3. The van der Waals surface area contributed by atoms with Gasteiger partial charge in [-0.2, -0.15) is 0 Å². The van der Waals surface area contributed by atoms with Crippen molar-refractivity contribution in [3.63, 3.8) is 0 Å². The molecule has 0 aromatic heterocycles. The second-order valence-electron chi connectivity index (χ2n) is 5.07. The van der Waals surface area contributed by atoms with Gasteiger partial charge in [-0.25, -0.2) is 4.79 Å². The largest absolute Gasteiger partial charge is 0.452 e. The summed E-state index contributed by atoms with van der Waals surface area (Å²) in [5, 5.41) is 16.0. The first-order valence-electron chi connectivity index (χ1n) is 7.44. The van der Waals surface area contributed by atoms with Crippen LogP contribution in [0, 0.1) is 10.1 Å². The number of benzene rings is 1. The molecule has 0 fully saturated rings. The van der Waals surface area contributed by atoms with Gasteiger partial charge in [0.1, 0.15) is 11.6 Å². The van der Waals surface area contributed by atoms with Crippen molar-refractivity contribution >= 4 is 35.1 Å². The van der Waals surface area contributed by atoms with Crippen LogP contribution >= 0.6 is 11.6 Å². The molecule has 0 unspecified atom stereocenters. The number of amides is 2. The summed E-state index contributed by atoms with van der Waals surface area (Å²) < 4.78 is 4.75. The first kappa shape index (κ1) is 20.4. The molecule has 2 N–H and O–H groups in total. The van der Waals surface area contributed by atoms with E-state index in [2.05, 4.69) is 10.6 Å². The third-order valence-corrected chi connectivity index (χ3v) is 3.27. The monoisotopic (exact) mass is 371 g/mol. The Hall–Kier alpha value is -2.68. The maximum absolute atomic E-state index is 11.9. The summed E-state index contributed by atoms with van der Waals surface area (Å²) >= 11 is 5.66. The standard InChI is InChI=1S/C15H18ClN3O6/c1-3-6-17-14(21)9(2)18-13(20)8-25-15(22)11-5-4-10(16)7-12(11)19(23)24/h4-5,7,9H,3,6,8H2,1-2H3,(H,17,21)(H,18,20)/t9-/m1/s1. The molecule has 0 heterocycles.